The average Bonchev–Trinajstić information content (AvgIpc) is 3.36. The molecule has 1 aromatic carbocycles. The number of ether oxygens (including phenoxy) is 3. The predicted octanol–water partition coefficient (Wildman–Crippen LogP) is 2.08. The van der Waals surface area contributed by atoms with Gasteiger partial charge in [-0.05, 0) is 25.0 Å². The molecule has 1 aliphatic heterocycles. The van der Waals surface area contributed by atoms with Crippen molar-refractivity contribution in [3.8, 4) is 11.5 Å². The summed E-state index contributed by atoms with van der Waals surface area (Å²) < 4.78 is 18.1. The van der Waals surface area contributed by atoms with Crippen LogP contribution in [0, 0.1) is 0 Å². The zero-order valence-electron chi connectivity index (χ0n) is 16.4. The Hall–Kier alpha value is -2.26. The highest BCUT2D eigenvalue weighted by molar-refractivity contribution is 7.99. The quantitative estimate of drug-likeness (QED) is 0.638. The third-order valence-electron chi connectivity index (χ3n) is 4.63. The lowest BCUT2D eigenvalue weighted by atomic mass is 10.1. The van der Waals surface area contributed by atoms with Crippen LogP contribution in [0.5, 0.6) is 11.5 Å². The molecule has 0 unspecified atom stereocenters. The maximum absolute atomic E-state index is 12.5. The Kier molecular flexibility index (Phi) is 7.16. The van der Waals surface area contributed by atoms with Crippen molar-refractivity contribution in [1.29, 1.82) is 0 Å². The van der Waals surface area contributed by atoms with Crippen LogP contribution >= 0.6 is 11.8 Å². The van der Waals surface area contributed by atoms with Crippen LogP contribution in [0.15, 0.2) is 23.4 Å². The van der Waals surface area contributed by atoms with Crippen LogP contribution in [-0.2, 0) is 18.2 Å². The number of carbonyl (C=O) groups is 1. The fourth-order valence-corrected chi connectivity index (χ4v) is 4.00. The van der Waals surface area contributed by atoms with Crippen molar-refractivity contribution >= 4 is 17.7 Å². The molecule has 1 atom stereocenters. The van der Waals surface area contributed by atoms with Gasteiger partial charge in [-0.3, -0.25) is 4.79 Å². The molecular weight excluding hydrogens is 380 g/mol. The molecule has 1 aromatic heterocycles. The van der Waals surface area contributed by atoms with Crippen molar-refractivity contribution < 1.29 is 19.0 Å². The zero-order valence-corrected chi connectivity index (χ0v) is 17.3. The van der Waals surface area contributed by atoms with E-state index in [9.17, 15) is 4.79 Å². The van der Waals surface area contributed by atoms with Gasteiger partial charge in [0.05, 0.1) is 25.9 Å². The number of methoxy groups -OCH3 is 2. The molecule has 1 fully saturated rings. The minimum atomic E-state index is -0.199. The fourth-order valence-electron chi connectivity index (χ4n) is 3.00. The Labute approximate surface area is 168 Å². The summed E-state index contributed by atoms with van der Waals surface area (Å²) >= 11 is 1.66. The molecule has 1 aliphatic rings. The Bertz CT molecular complexity index is 805. The lowest BCUT2D eigenvalue weighted by Crippen LogP contribution is -2.26. The van der Waals surface area contributed by atoms with E-state index >= 15 is 0 Å². The highest BCUT2D eigenvalue weighted by atomic mass is 32.2. The van der Waals surface area contributed by atoms with Gasteiger partial charge in [-0.15, -0.1) is 10.2 Å². The lowest BCUT2D eigenvalue weighted by molar-refractivity contribution is 0.0950. The van der Waals surface area contributed by atoms with Gasteiger partial charge < -0.3 is 24.1 Å². The summed E-state index contributed by atoms with van der Waals surface area (Å²) in [5.74, 6) is 2.63. The van der Waals surface area contributed by atoms with E-state index < -0.39 is 0 Å². The van der Waals surface area contributed by atoms with E-state index in [1.807, 2.05) is 11.6 Å². The summed E-state index contributed by atoms with van der Waals surface area (Å²) in [5, 5.41) is 12.3. The number of aromatic nitrogens is 3. The molecule has 0 bridgehead atoms. The normalized spacial score (nSPS) is 16.2. The standard InChI is InChI=1S/C19H26N4O4S/c1-23-17(21-22-19(23)28-12-14-5-4-10-27-14)8-9-20-18(24)15-7-6-13(25-2)11-16(15)26-3/h6-7,11,14H,4-5,8-10,12H2,1-3H3,(H,20,24)/t14-/m0/s1. The number of thioether (sulfide) groups is 1. The molecule has 2 aromatic rings. The van der Waals surface area contributed by atoms with Gasteiger partial charge in [0.15, 0.2) is 5.16 Å². The van der Waals surface area contributed by atoms with Crippen LogP contribution < -0.4 is 14.8 Å². The molecule has 1 amide bonds. The molecule has 1 saturated heterocycles. The fraction of sp³-hybridized carbons (Fsp3) is 0.526. The van der Waals surface area contributed by atoms with Gasteiger partial charge in [-0.25, -0.2) is 0 Å². The largest absolute Gasteiger partial charge is 0.497 e. The van der Waals surface area contributed by atoms with Crippen LogP contribution in [0.2, 0.25) is 0 Å². The summed E-state index contributed by atoms with van der Waals surface area (Å²) in [4.78, 5) is 12.5. The van der Waals surface area contributed by atoms with Crippen molar-refractivity contribution in [3.05, 3.63) is 29.6 Å². The summed E-state index contributed by atoms with van der Waals surface area (Å²) in [6, 6.07) is 5.11. The van der Waals surface area contributed by atoms with Crippen LogP contribution in [0.1, 0.15) is 29.0 Å². The summed E-state index contributed by atoms with van der Waals surface area (Å²) in [7, 11) is 5.05. The monoisotopic (exact) mass is 406 g/mol. The second-order valence-corrected chi connectivity index (χ2v) is 7.46. The smallest absolute Gasteiger partial charge is 0.255 e. The molecule has 2 heterocycles. The van der Waals surface area contributed by atoms with Crippen LogP contribution in [0.4, 0.5) is 0 Å². The first kappa shape index (κ1) is 20.5. The summed E-state index contributed by atoms with van der Waals surface area (Å²) in [6.07, 6.45) is 3.14. The lowest BCUT2D eigenvalue weighted by Gasteiger charge is -2.11. The number of benzene rings is 1. The molecule has 0 aliphatic carbocycles. The first-order chi connectivity index (χ1) is 13.6. The molecule has 0 saturated carbocycles. The van der Waals surface area contributed by atoms with Gasteiger partial charge in [0.25, 0.3) is 5.91 Å². The Balaban J connectivity index is 1.51. The second-order valence-electron chi connectivity index (χ2n) is 6.48. The first-order valence-corrected chi connectivity index (χ1v) is 10.2. The highest BCUT2D eigenvalue weighted by Crippen LogP contribution is 2.25. The van der Waals surface area contributed by atoms with Crippen molar-refractivity contribution in [2.75, 3.05) is 33.1 Å². The number of hydrogen-bond acceptors (Lipinski definition) is 7. The number of nitrogens with one attached hydrogen (secondary N) is 1. The first-order valence-electron chi connectivity index (χ1n) is 9.25. The minimum Gasteiger partial charge on any atom is -0.497 e. The number of carbonyl (C=O) groups excluding carboxylic acids is 1. The van der Waals surface area contributed by atoms with Gasteiger partial charge in [0.1, 0.15) is 17.3 Å². The van der Waals surface area contributed by atoms with Crippen LogP contribution in [0.25, 0.3) is 0 Å². The molecular formula is C19H26N4O4S. The van der Waals surface area contributed by atoms with E-state index in [0.717, 1.165) is 36.2 Å². The van der Waals surface area contributed by atoms with Crippen molar-refractivity contribution in [3.63, 3.8) is 0 Å². The van der Waals surface area contributed by atoms with Gasteiger partial charge in [0.2, 0.25) is 0 Å². The topological polar surface area (TPSA) is 87.5 Å². The second kappa shape index (κ2) is 9.79. The molecule has 3 rings (SSSR count). The van der Waals surface area contributed by atoms with Gasteiger partial charge >= 0.3 is 0 Å². The predicted molar refractivity (Wildman–Crippen MR) is 106 cm³/mol. The number of hydrogen-bond donors (Lipinski definition) is 1. The molecule has 9 heteroatoms. The van der Waals surface area contributed by atoms with Crippen LogP contribution in [-0.4, -0.2) is 59.9 Å². The SMILES string of the molecule is COc1ccc(C(=O)NCCc2nnc(SC[C@@H]3CCCO3)n2C)c(OC)c1. The summed E-state index contributed by atoms with van der Waals surface area (Å²) in [5.41, 5.74) is 0.467. The van der Waals surface area contributed by atoms with E-state index in [2.05, 4.69) is 15.5 Å². The van der Waals surface area contributed by atoms with Crippen LogP contribution in [0.3, 0.4) is 0 Å². The third kappa shape index (κ3) is 4.96. The molecule has 0 spiro atoms. The molecule has 1 N–H and O–H groups in total. The van der Waals surface area contributed by atoms with E-state index in [1.54, 1.807) is 37.1 Å². The minimum absolute atomic E-state index is 0.199. The van der Waals surface area contributed by atoms with Crippen molar-refractivity contribution in [1.82, 2.24) is 20.1 Å². The molecule has 28 heavy (non-hydrogen) atoms. The van der Waals surface area contributed by atoms with Crippen molar-refractivity contribution in [2.45, 2.75) is 30.5 Å². The third-order valence-corrected chi connectivity index (χ3v) is 5.79. The summed E-state index contributed by atoms with van der Waals surface area (Å²) in [6.45, 7) is 1.31. The maximum Gasteiger partial charge on any atom is 0.255 e. The maximum atomic E-state index is 12.5. The Morgan fingerprint density at radius 3 is 2.93 bits per heavy atom. The van der Waals surface area contributed by atoms with E-state index in [-0.39, 0.29) is 5.91 Å². The van der Waals surface area contributed by atoms with E-state index in [1.165, 1.54) is 7.11 Å². The number of amides is 1. The average molecular weight is 407 g/mol. The Morgan fingerprint density at radius 1 is 1.36 bits per heavy atom. The van der Waals surface area contributed by atoms with Gasteiger partial charge in [-0.1, -0.05) is 11.8 Å². The Morgan fingerprint density at radius 2 is 2.21 bits per heavy atom. The van der Waals surface area contributed by atoms with E-state index in [0.29, 0.717) is 36.1 Å². The number of nitrogens with zero attached hydrogens (tertiary/aromatic N) is 3. The molecule has 8 nitrogen and oxygen atoms in total. The molecule has 0 radical (unpaired) electrons. The number of rotatable bonds is 9. The zero-order chi connectivity index (χ0) is 19.9. The van der Waals surface area contributed by atoms with Gasteiger partial charge in [-0.2, -0.15) is 0 Å². The van der Waals surface area contributed by atoms with E-state index in [4.69, 9.17) is 14.2 Å². The van der Waals surface area contributed by atoms with Crippen molar-refractivity contribution in [2.24, 2.45) is 7.05 Å². The molecule has 152 valence electrons. The van der Waals surface area contributed by atoms with Gasteiger partial charge in [0, 0.05) is 38.4 Å². The highest BCUT2D eigenvalue weighted by Gasteiger charge is 2.18.